The minimum Gasteiger partial charge on any atom is -0.496 e. The Labute approximate surface area is 203 Å². The lowest BCUT2D eigenvalue weighted by molar-refractivity contribution is -0.384. The molecular formula is C21H21BrN8O4. The molecule has 0 aliphatic carbocycles. The predicted molar refractivity (Wildman–Crippen MR) is 131 cm³/mol. The molecule has 1 saturated heterocycles. The van der Waals surface area contributed by atoms with Gasteiger partial charge in [-0.3, -0.25) is 10.1 Å². The van der Waals surface area contributed by atoms with Gasteiger partial charge < -0.3 is 19.7 Å². The number of hydrogen-bond donors (Lipinski definition) is 2. The monoisotopic (exact) mass is 528 g/mol. The van der Waals surface area contributed by atoms with Gasteiger partial charge in [-0.1, -0.05) is 22.0 Å². The third kappa shape index (κ3) is 5.94. The van der Waals surface area contributed by atoms with Crippen LogP contribution in [0.1, 0.15) is 5.56 Å². The molecule has 1 aliphatic rings. The maximum atomic E-state index is 11.1. The first kappa shape index (κ1) is 23.3. The molecule has 1 aliphatic heterocycles. The van der Waals surface area contributed by atoms with Gasteiger partial charge in [0.05, 0.1) is 31.5 Å². The van der Waals surface area contributed by atoms with Crippen molar-refractivity contribution in [2.24, 2.45) is 5.10 Å². The Morgan fingerprint density at radius 3 is 2.74 bits per heavy atom. The minimum absolute atomic E-state index is 0.0432. The summed E-state index contributed by atoms with van der Waals surface area (Å²) in [7, 11) is 1.58. The van der Waals surface area contributed by atoms with Crippen LogP contribution in [0.25, 0.3) is 0 Å². The van der Waals surface area contributed by atoms with E-state index in [1.165, 1.54) is 12.1 Å². The van der Waals surface area contributed by atoms with Gasteiger partial charge in [-0.05, 0) is 24.3 Å². The summed E-state index contributed by atoms with van der Waals surface area (Å²) in [6.07, 6.45) is 1.59. The number of rotatable bonds is 8. The minimum atomic E-state index is -0.463. The molecule has 12 nitrogen and oxygen atoms in total. The number of ether oxygens (including phenoxy) is 2. The summed E-state index contributed by atoms with van der Waals surface area (Å²) in [4.78, 5) is 25.9. The van der Waals surface area contributed by atoms with E-state index >= 15 is 0 Å². The molecule has 0 radical (unpaired) electrons. The first-order chi connectivity index (χ1) is 16.5. The van der Waals surface area contributed by atoms with Crippen LogP contribution in [0.3, 0.4) is 0 Å². The van der Waals surface area contributed by atoms with E-state index in [1.807, 2.05) is 23.1 Å². The average molecular weight is 529 g/mol. The number of benzene rings is 2. The highest BCUT2D eigenvalue weighted by Crippen LogP contribution is 2.23. The zero-order valence-electron chi connectivity index (χ0n) is 18.1. The summed E-state index contributed by atoms with van der Waals surface area (Å²) in [5.74, 6) is 1.51. The average Bonchev–Trinajstić information content (AvgIpc) is 2.85. The lowest BCUT2D eigenvalue weighted by atomic mass is 10.2. The number of nitrogens with zero attached hydrogens (tertiary/aromatic N) is 6. The van der Waals surface area contributed by atoms with Gasteiger partial charge in [0.2, 0.25) is 17.8 Å². The highest BCUT2D eigenvalue weighted by molar-refractivity contribution is 9.10. The normalized spacial score (nSPS) is 13.6. The van der Waals surface area contributed by atoms with Gasteiger partial charge in [0.15, 0.2) is 0 Å². The van der Waals surface area contributed by atoms with Crippen LogP contribution in [0, 0.1) is 10.1 Å². The van der Waals surface area contributed by atoms with Crippen molar-refractivity contribution in [1.82, 2.24) is 15.0 Å². The maximum absolute atomic E-state index is 11.1. The van der Waals surface area contributed by atoms with Gasteiger partial charge in [-0.25, -0.2) is 5.43 Å². The molecule has 0 atom stereocenters. The van der Waals surface area contributed by atoms with Gasteiger partial charge in [0.1, 0.15) is 5.75 Å². The Kier molecular flexibility index (Phi) is 7.44. The second-order valence-electron chi connectivity index (χ2n) is 7.07. The van der Waals surface area contributed by atoms with E-state index in [0.29, 0.717) is 43.7 Å². The highest BCUT2D eigenvalue weighted by Gasteiger charge is 2.17. The van der Waals surface area contributed by atoms with Gasteiger partial charge in [-0.15, -0.1) is 0 Å². The summed E-state index contributed by atoms with van der Waals surface area (Å²) in [6, 6.07) is 11.7. The van der Waals surface area contributed by atoms with Gasteiger partial charge in [0, 0.05) is 40.9 Å². The Morgan fingerprint density at radius 2 is 1.97 bits per heavy atom. The number of methoxy groups -OCH3 is 1. The number of non-ortho nitro benzene ring substituents is 1. The van der Waals surface area contributed by atoms with Crippen molar-refractivity contribution >= 4 is 51.4 Å². The molecule has 1 aromatic heterocycles. The van der Waals surface area contributed by atoms with E-state index in [0.717, 1.165) is 10.0 Å². The van der Waals surface area contributed by atoms with Crippen molar-refractivity contribution < 1.29 is 14.4 Å². The van der Waals surface area contributed by atoms with E-state index in [1.54, 1.807) is 25.5 Å². The molecule has 0 bridgehead atoms. The fourth-order valence-electron chi connectivity index (χ4n) is 3.17. The molecule has 2 aromatic carbocycles. The summed E-state index contributed by atoms with van der Waals surface area (Å²) in [5, 5.41) is 18.4. The summed E-state index contributed by atoms with van der Waals surface area (Å²) >= 11 is 3.43. The number of anilines is 4. The molecule has 1 fully saturated rings. The molecular weight excluding hydrogens is 508 g/mol. The largest absolute Gasteiger partial charge is 0.496 e. The fourth-order valence-corrected chi connectivity index (χ4v) is 3.55. The van der Waals surface area contributed by atoms with Crippen molar-refractivity contribution in [3.05, 3.63) is 62.6 Å². The second-order valence-corrected chi connectivity index (χ2v) is 7.99. The Hall–Kier alpha value is -3.84. The number of hydrogen-bond acceptors (Lipinski definition) is 11. The number of nitro benzene ring substituents is 1. The number of nitrogens with one attached hydrogen (secondary N) is 2. The number of aromatic nitrogens is 3. The Morgan fingerprint density at radius 1 is 1.18 bits per heavy atom. The van der Waals surface area contributed by atoms with Crippen molar-refractivity contribution in [1.29, 1.82) is 0 Å². The maximum Gasteiger partial charge on any atom is 0.271 e. The van der Waals surface area contributed by atoms with Crippen LogP contribution in [0.5, 0.6) is 5.75 Å². The highest BCUT2D eigenvalue weighted by atomic mass is 79.9. The third-order valence-electron chi connectivity index (χ3n) is 4.79. The smallest absolute Gasteiger partial charge is 0.271 e. The molecule has 176 valence electrons. The fraction of sp³-hybridized carbons (Fsp3) is 0.238. The van der Waals surface area contributed by atoms with E-state index in [-0.39, 0.29) is 17.6 Å². The molecule has 0 spiro atoms. The van der Waals surface area contributed by atoms with Gasteiger partial charge in [-0.2, -0.15) is 20.1 Å². The first-order valence-corrected chi connectivity index (χ1v) is 11.0. The van der Waals surface area contributed by atoms with E-state index in [9.17, 15) is 10.1 Å². The molecule has 0 amide bonds. The van der Waals surface area contributed by atoms with Crippen molar-refractivity contribution in [3.8, 4) is 5.75 Å². The second kappa shape index (κ2) is 10.9. The summed E-state index contributed by atoms with van der Waals surface area (Å²) in [5.41, 5.74) is 4.01. The van der Waals surface area contributed by atoms with Crippen LogP contribution >= 0.6 is 15.9 Å². The number of nitro groups is 1. The van der Waals surface area contributed by atoms with Crippen LogP contribution in [-0.4, -0.2) is 59.5 Å². The number of morpholine rings is 1. The van der Waals surface area contributed by atoms with Gasteiger partial charge in [0.25, 0.3) is 5.69 Å². The van der Waals surface area contributed by atoms with Gasteiger partial charge >= 0.3 is 0 Å². The standard InChI is InChI=1S/C21H21BrN8O4/c1-33-18-6-5-15(22)11-14(18)13-23-28-20-25-19(24-16-3-2-4-17(12-16)30(31)32)26-21(27-20)29-7-9-34-10-8-29/h2-6,11-13H,7-10H2,1H3,(H2,24,25,26,27,28)/b23-13+. The van der Waals surface area contributed by atoms with E-state index in [4.69, 9.17) is 9.47 Å². The van der Waals surface area contributed by atoms with Crippen LogP contribution in [0.4, 0.5) is 29.2 Å². The third-order valence-corrected chi connectivity index (χ3v) is 5.28. The molecule has 0 saturated carbocycles. The van der Waals surface area contributed by atoms with Crippen molar-refractivity contribution in [2.45, 2.75) is 0 Å². The molecule has 4 rings (SSSR count). The Bertz CT molecular complexity index is 1200. The predicted octanol–water partition coefficient (Wildman–Crippen LogP) is 3.58. The quantitative estimate of drug-likeness (QED) is 0.253. The molecule has 3 aromatic rings. The van der Waals surface area contributed by atoms with Crippen molar-refractivity contribution in [3.63, 3.8) is 0 Å². The van der Waals surface area contributed by atoms with E-state index in [2.05, 4.69) is 46.7 Å². The van der Waals surface area contributed by atoms with E-state index < -0.39 is 4.92 Å². The van der Waals surface area contributed by atoms with Crippen LogP contribution in [-0.2, 0) is 4.74 Å². The lowest BCUT2D eigenvalue weighted by Crippen LogP contribution is -2.37. The van der Waals surface area contributed by atoms with Crippen LogP contribution in [0.15, 0.2) is 52.0 Å². The Balaban J connectivity index is 1.60. The lowest BCUT2D eigenvalue weighted by Gasteiger charge is -2.27. The van der Waals surface area contributed by atoms with Crippen molar-refractivity contribution in [2.75, 3.05) is 49.1 Å². The molecule has 2 heterocycles. The molecule has 0 unspecified atom stereocenters. The zero-order valence-corrected chi connectivity index (χ0v) is 19.7. The SMILES string of the molecule is COc1ccc(Br)cc1/C=N/Nc1nc(Nc2cccc([N+](=O)[O-])c2)nc(N2CCOCC2)n1. The topological polar surface area (TPSA) is 140 Å². The zero-order chi connectivity index (χ0) is 23.9. The first-order valence-electron chi connectivity index (χ1n) is 10.2. The summed E-state index contributed by atoms with van der Waals surface area (Å²) in [6.45, 7) is 2.36. The molecule has 34 heavy (non-hydrogen) atoms. The number of hydrazone groups is 1. The number of halogens is 1. The van der Waals surface area contributed by atoms with Crippen LogP contribution in [0.2, 0.25) is 0 Å². The van der Waals surface area contributed by atoms with Crippen LogP contribution < -0.4 is 20.4 Å². The molecule has 2 N–H and O–H groups in total. The summed E-state index contributed by atoms with van der Waals surface area (Å²) < 4.78 is 11.6. The molecule has 13 heteroatoms.